The lowest BCUT2D eigenvalue weighted by Gasteiger charge is -2.31. The van der Waals surface area contributed by atoms with Gasteiger partial charge in [-0.15, -0.1) is 0 Å². The molecule has 1 aliphatic rings. The van der Waals surface area contributed by atoms with Crippen molar-refractivity contribution in [2.24, 2.45) is 0 Å². The summed E-state index contributed by atoms with van der Waals surface area (Å²) >= 11 is 0. The molecule has 1 aromatic rings. The van der Waals surface area contributed by atoms with Gasteiger partial charge in [-0.1, -0.05) is 0 Å². The van der Waals surface area contributed by atoms with Crippen molar-refractivity contribution in [3.63, 3.8) is 0 Å². The minimum atomic E-state index is -0.297. The second-order valence-electron chi connectivity index (χ2n) is 4.84. The molecular formula is C13H18FN3O. The van der Waals surface area contributed by atoms with Crippen LogP contribution < -0.4 is 11.1 Å². The molecule has 1 amide bonds. The number of halogens is 1. The summed E-state index contributed by atoms with van der Waals surface area (Å²) in [6, 6.07) is 3.20. The monoisotopic (exact) mass is 251 g/mol. The quantitative estimate of drug-likeness (QED) is 0.787. The smallest absolute Gasteiger partial charge is 0.222 e. The van der Waals surface area contributed by atoms with Crippen molar-refractivity contribution in [2.45, 2.75) is 25.8 Å². The van der Waals surface area contributed by atoms with Crippen molar-refractivity contribution in [3.8, 4) is 0 Å². The first-order valence-corrected chi connectivity index (χ1v) is 6.03. The molecule has 0 spiro atoms. The number of nitrogens with one attached hydrogen (secondary N) is 1. The largest absolute Gasteiger partial charge is 0.397 e. The lowest BCUT2D eigenvalue weighted by atomic mass is 10.0. The summed E-state index contributed by atoms with van der Waals surface area (Å²) in [5.41, 5.74) is 7.49. The Morgan fingerprint density at radius 3 is 2.89 bits per heavy atom. The van der Waals surface area contributed by atoms with E-state index < -0.39 is 0 Å². The summed E-state index contributed by atoms with van der Waals surface area (Å²) in [6.07, 6.45) is 1.31. The molecule has 2 rings (SSSR count). The molecule has 1 atom stereocenters. The molecule has 3 N–H and O–H groups in total. The van der Waals surface area contributed by atoms with Gasteiger partial charge in [-0.2, -0.15) is 0 Å². The second-order valence-corrected chi connectivity index (χ2v) is 4.84. The molecule has 0 aromatic heterocycles. The molecule has 0 bridgehead atoms. The zero-order chi connectivity index (χ0) is 13.3. The van der Waals surface area contributed by atoms with E-state index in [1.807, 2.05) is 0 Å². The third-order valence-electron chi connectivity index (χ3n) is 3.32. The molecule has 5 heteroatoms. The number of anilines is 2. The molecule has 0 saturated carbocycles. The van der Waals surface area contributed by atoms with Gasteiger partial charge < -0.3 is 16.0 Å². The van der Waals surface area contributed by atoms with E-state index in [0.29, 0.717) is 24.2 Å². The summed E-state index contributed by atoms with van der Waals surface area (Å²) in [7, 11) is 1.79. The molecule has 1 aromatic carbocycles. The maximum absolute atomic E-state index is 13.3. The first kappa shape index (κ1) is 12.7. The Labute approximate surface area is 106 Å². The summed E-state index contributed by atoms with van der Waals surface area (Å²) in [4.78, 5) is 13.1. The maximum Gasteiger partial charge on any atom is 0.222 e. The number of rotatable bonds is 2. The number of aryl methyl sites for hydroxylation is 1. The van der Waals surface area contributed by atoms with Gasteiger partial charge in [-0.3, -0.25) is 4.79 Å². The highest BCUT2D eigenvalue weighted by Gasteiger charge is 2.23. The lowest BCUT2D eigenvalue weighted by Crippen LogP contribution is -2.43. The van der Waals surface area contributed by atoms with Crippen LogP contribution in [0.15, 0.2) is 12.1 Å². The van der Waals surface area contributed by atoms with Crippen LogP contribution in [0.5, 0.6) is 0 Å². The van der Waals surface area contributed by atoms with Crippen LogP contribution in [-0.4, -0.2) is 30.4 Å². The first-order valence-electron chi connectivity index (χ1n) is 6.03. The SMILES string of the molecule is Cc1cc(NC2CCC(=O)N(C)C2)c(N)cc1F. The number of benzene rings is 1. The van der Waals surface area contributed by atoms with E-state index in [1.54, 1.807) is 24.9 Å². The minimum absolute atomic E-state index is 0.163. The number of carbonyl (C=O) groups is 1. The zero-order valence-electron chi connectivity index (χ0n) is 10.7. The van der Waals surface area contributed by atoms with Crippen LogP contribution in [0.4, 0.5) is 15.8 Å². The van der Waals surface area contributed by atoms with Gasteiger partial charge in [0.15, 0.2) is 0 Å². The van der Waals surface area contributed by atoms with E-state index in [-0.39, 0.29) is 17.8 Å². The topological polar surface area (TPSA) is 58.4 Å². The number of amides is 1. The molecule has 0 radical (unpaired) electrons. The second kappa shape index (κ2) is 4.84. The van der Waals surface area contributed by atoms with Crippen LogP contribution in [0.1, 0.15) is 18.4 Å². The van der Waals surface area contributed by atoms with Crippen LogP contribution in [0.25, 0.3) is 0 Å². The number of piperidine rings is 1. The molecule has 0 aliphatic carbocycles. The molecule has 4 nitrogen and oxygen atoms in total. The fourth-order valence-electron chi connectivity index (χ4n) is 2.17. The summed E-state index contributed by atoms with van der Waals surface area (Å²) < 4.78 is 13.3. The Morgan fingerprint density at radius 2 is 2.22 bits per heavy atom. The Hall–Kier alpha value is -1.78. The van der Waals surface area contributed by atoms with E-state index in [9.17, 15) is 9.18 Å². The predicted molar refractivity (Wildman–Crippen MR) is 69.8 cm³/mol. The van der Waals surface area contributed by atoms with Gasteiger partial charge in [0.05, 0.1) is 11.4 Å². The third kappa shape index (κ3) is 2.55. The van der Waals surface area contributed by atoms with Crippen molar-refractivity contribution in [2.75, 3.05) is 24.6 Å². The summed E-state index contributed by atoms with van der Waals surface area (Å²) in [5.74, 6) is -0.134. The average Bonchev–Trinajstić information content (AvgIpc) is 2.31. The van der Waals surface area contributed by atoms with Gasteiger partial charge in [0.2, 0.25) is 5.91 Å². The lowest BCUT2D eigenvalue weighted by molar-refractivity contribution is -0.132. The Morgan fingerprint density at radius 1 is 1.50 bits per heavy atom. The van der Waals surface area contributed by atoms with Crippen LogP contribution in [-0.2, 0) is 4.79 Å². The van der Waals surface area contributed by atoms with E-state index in [2.05, 4.69) is 5.32 Å². The standard InChI is InChI=1S/C13H18FN3O/c1-8-5-12(11(15)6-10(8)14)16-9-3-4-13(18)17(2)7-9/h5-6,9,16H,3-4,7,15H2,1-2H3. The maximum atomic E-state index is 13.3. The van der Waals surface area contributed by atoms with Crippen molar-refractivity contribution in [3.05, 3.63) is 23.5 Å². The fourth-order valence-corrected chi connectivity index (χ4v) is 2.17. The van der Waals surface area contributed by atoms with E-state index in [0.717, 1.165) is 12.1 Å². The Kier molecular flexibility index (Phi) is 3.41. The number of hydrogen-bond donors (Lipinski definition) is 2. The summed E-state index contributed by atoms with van der Waals surface area (Å²) in [5, 5.41) is 3.28. The van der Waals surface area contributed by atoms with Crippen LogP contribution in [0.2, 0.25) is 0 Å². The molecule has 1 heterocycles. The highest BCUT2D eigenvalue weighted by atomic mass is 19.1. The summed E-state index contributed by atoms with van der Waals surface area (Å²) in [6.45, 7) is 2.35. The average molecular weight is 251 g/mol. The number of nitrogen functional groups attached to an aromatic ring is 1. The van der Waals surface area contributed by atoms with E-state index in [4.69, 9.17) is 5.73 Å². The molecule has 1 aliphatic heterocycles. The third-order valence-corrected chi connectivity index (χ3v) is 3.32. The molecule has 18 heavy (non-hydrogen) atoms. The number of likely N-dealkylation sites (tertiary alicyclic amines) is 1. The van der Waals surface area contributed by atoms with Crippen molar-refractivity contribution >= 4 is 17.3 Å². The number of nitrogens with two attached hydrogens (primary N) is 1. The zero-order valence-corrected chi connectivity index (χ0v) is 10.7. The van der Waals surface area contributed by atoms with Crippen molar-refractivity contribution in [1.29, 1.82) is 0 Å². The predicted octanol–water partition coefficient (Wildman–Crippen LogP) is 1.75. The molecule has 98 valence electrons. The fraction of sp³-hybridized carbons (Fsp3) is 0.462. The van der Waals surface area contributed by atoms with Crippen LogP contribution in [0, 0.1) is 12.7 Å². The van der Waals surface area contributed by atoms with Crippen molar-refractivity contribution in [1.82, 2.24) is 4.90 Å². The van der Waals surface area contributed by atoms with Gasteiger partial charge in [-0.05, 0) is 31.0 Å². The number of hydrogen-bond acceptors (Lipinski definition) is 3. The highest BCUT2D eigenvalue weighted by Crippen LogP contribution is 2.25. The number of nitrogens with zero attached hydrogens (tertiary/aromatic N) is 1. The van der Waals surface area contributed by atoms with Crippen molar-refractivity contribution < 1.29 is 9.18 Å². The number of likely N-dealkylation sites (N-methyl/N-ethyl adjacent to an activating group) is 1. The Bertz CT molecular complexity index is 476. The number of carbonyl (C=O) groups excluding carboxylic acids is 1. The van der Waals surface area contributed by atoms with E-state index >= 15 is 0 Å². The van der Waals surface area contributed by atoms with Crippen LogP contribution >= 0.6 is 0 Å². The Balaban J connectivity index is 2.10. The highest BCUT2D eigenvalue weighted by molar-refractivity contribution is 5.77. The molecular weight excluding hydrogens is 233 g/mol. The van der Waals surface area contributed by atoms with Gasteiger partial charge in [0.1, 0.15) is 5.82 Å². The van der Waals surface area contributed by atoms with Gasteiger partial charge in [0.25, 0.3) is 0 Å². The van der Waals surface area contributed by atoms with Gasteiger partial charge >= 0.3 is 0 Å². The van der Waals surface area contributed by atoms with Gasteiger partial charge in [0, 0.05) is 26.1 Å². The minimum Gasteiger partial charge on any atom is -0.397 e. The van der Waals surface area contributed by atoms with Crippen LogP contribution in [0.3, 0.4) is 0 Å². The normalized spacial score (nSPS) is 20.1. The first-order chi connectivity index (χ1) is 8.47. The van der Waals surface area contributed by atoms with Gasteiger partial charge in [-0.25, -0.2) is 4.39 Å². The van der Waals surface area contributed by atoms with E-state index in [1.165, 1.54) is 6.07 Å². The molecule has 1 fully saturated rings. The molecule has 1 saturated heterocycles. The molecule has 1 unspecified atom stereocenters.